The normalized spacial score (nSPS) is 10.7. The predicted molar refractivity (Wildman–Crippen MR) is 87.8 cm³/mol. The molecule has 0 spiro atoms. The van der Waals surface area contributed by atoms with Crippen LogP contribution in [0.1, 0.15) is 0 Å². The number of ether oxygens (including phenoxy) is 2. The SMILES string of the molecule is COc1ccc(F)cc1S(=O)(=O)NCC#CCOc1ccccc1F. The minimum Gasteiger partial charge on any atom is -0.495 e. The second-order valence-corrected chi connectivity index (χ2v) is 6.43. The summed E-state index contributed by atoms with van der Waals surface area (Å²) < 4.78 is 63.1. The molecule has 0 aliphatic heterocycles. The summed E-state index contributed by atoms with van der Waals surface area (Å²) in [5, 5.41) is 0. The van der Waals surface area contributed by atoms with Crippen molar-refractivity contribution in [2.24, 2.45) is 0 Å². The van der Waals surface area contributed by atoms with Crippen molar-refractivity contribution < 1.29 is 26.7 Å². The summed E-state index contributed by atoms with van der Waals surface area (Å²) in [5.74, 6) is 3.95. The van der Waals surface area contributed by atoms with Crippen molar-refractivity contribution in [2.45, 2.75) is 4.90 Å². The molecule has 0 heterocycles. The van der Waals surface area contributed by atoms with Crippen LogP contribution in [0.25, 0.3) is 0 Å². The van der Waals surface area contributed by atoms with E-state index in [2.05, 4.69) is 16.6 Å². The average Bonchev–Trinajstić information content (AvgIpc) is 2.59. The molecule has 5 nitrogen and oxygen atoms in total. The highest BCUT2D eigenvalue weighted by molar-refractivity contribution is 7.89. The van der Waals surface area contributed by atoms with Gasteiger partial charge < -0.3 is 9.47 Å². The molecule has 132 valence electrons. The van der Waals surface area contributed by atoms with Gasteiger partial charge in [-0.05, 0) is 30.3 Å². The van der Waals surface area contributed by atoms with Crippen molar-refractivity contribution in [2.75, 3.05) is 20.3 Å². The highest BCUT2D eigenvalue weighted by Gasteiger charge is 2.19. The van der Waals surface area contributed by atoms with Crippen molar-refractivity contribution in [3.63, 3.8) is 0 Å². The summed E-state index contributed by atoms with van der Waals surface area (Å²) in [5.41, 5.74) is 0. The van der Waals surface area contributed by atoms with Gasteiger partial charge >= 0.3 is 0 Å². The van der Waals surface area contributed by atoms with Crippen molar-refractivity contribution in [1.29, 1.82) is 0 Å². The van der Waals surface area contributed by atoms with Crippen LogP contribution in [0.3, 0.4) is 0 Å². The Balaban J connectivity index is 1.93. The minimum atomic E-state index is -3.99. The van der Waals surface area contributed by atoms with Crippen LogP contribution in [0, 0.1) is 23.5 Å². The van der Waals surface area contributed by atoms with Crippen LogP contribution in [0.4, 0.5) is 8.78 Å². The Kier molecular flexibility index (Phi) is 6.33. The number of methoxy groups -OCH3 is 1. The van der Waals surface area contributed by atoms with Gasteiger partial charge in [0.25, 0.3) is 0 Å². The van der Waals surface area contributed by atoms with Crippen molar-refractivity contribution in [1.82, 2.24) is 4.72 Å². The Morgan fingerprint density at radius 1 is 1.08 bits per heavy atom. The summed E-state index contributed by atoms with van der Waals surface area (Å²) in [7, 11) is -2.71. The van der Waals surface area contributed by atoms with Crippen LogP contribution in [0.5, 0.6) is 11.5 Å². The molecule has 0 bridgehead atoms. The summed E-state index contributed by atoms with van der Waals surface area (Å²) in [6.07, 6.45) is 0. The first-order chi connectivity index (χ1) is 11.9. The number of para-hydroxylation sites is 1. The molecule has 0 aliphatic rings. The fraction of sp³-hybridized carbons (Fsp3) is 0.176. The Morgan fingerprint density at radius 3 is 2.56 bits per heavy atom. The number of rotatable bonds is 6. The molecule has 0 fully saturated rings. The molecule has 0 amide bonds. The molecule has 2 aromatic carbocycles. The van der Waals surface area contributed by atoms with Crippen molar-refractivity contribution in [3.8, 4) is 23.3 Å². The first-order valence-electron chi connectivity index (χ1n) is 7.10. The molecular formula is C17H15F2NO4S. The van der Waals surface area contributed by atoms with Gasteiger partial charge in [0.15, 0.2) is 11.6 Å². The van der Waals surface area contributed by atoms with Gasteiger partial charge in [-0.1, -0.05) is 24.0 Å². The lowest BCUT2D eigenvalue weighted by atomic mass is 10.3. The third-order valence-electron chi connectivity index (χ3n) is 3.03. The molecule has 0 radical (unpaired) electrons. The number of hydrogen-bond donors (Lipinski definition) is 1. The van der Waals surface area contributed by atoms with Gasteiger partial charge in [-0.3, -0.25) is 0 Å². The third kappa shape index (κ3) is 5.17. The van der Waals surface area contributed by atoms with Crippen molar-refractivity contribution >= 4 is 10.0 Å². The lowest BCUT2D eigenvalue weighted by Gasteiger charge is -2.09. The van der Waals surface area contributed by atoms with E-state index in [4.69, 9.17) is 9.47 Å². The van der Waals surface area contributed by atoms with E-state index in [-0.39, 0.29) is 29.5 Å². The molecular weight excluding hydrogens is 352 g/mol. The van der Waals surface area contributed by atoms with Crippen LogP contribution < -0.4 is 14.2 Å². The molecule has 25 heavy (non-hydrogen) atoms. The summed E-state index contributed by atoms with van der Waals surface area (Å²) >= 11 is 0. The van der Waals surface area contributed by atoms with Crippen LogP contribution in [0.15, 0.2) is 47.4 Å². The average molecular weight is 367 g/mol. The second-order valence-electron chi connectivity index (χ2n) is 4.69. The van der Waals surface area contributed by atoms with Gasteiger partial charge in [-0.15, -0.1) is 0 Å². The standard InChI is InChI=1S/C17H15F2NO4S/c1-23-16-9-8-13(18)12-17(16)25(21,22)20-10-4-5-11-24-15-7-3-2-6-14(15)19/h2-3,6-9,12,20H,10-11H2,1H3. The van der Waals surface area contributed by atoms with E-state index in [0.29, 0.717) is 0 Å². The first kappa shape index (κ1) is 18.7. The zero-order valence-corrected chi connectivity index (χ0v) is 14.1. The highest BCUT2D eigenvalue weighted by atomic mass is 32.2. The zero-order chi connectivity index (χ0) is 18.3. The van der Waals surface area contributed by atoms with Gasteiger partial charge in [0.1, 0.15) is 23.1 Å². The predicted octanol–water partition coefficient (Wildman–Crippen LogP) is 2.33. The van der Waals surface area contributed by atoms with Crippen LogP contribution >= 0.6 is 0 Å². The smallest absolute Gasteiger partial charge is 0.245 e. The molecule has 2 rings (SSSR count). The van der Waals surface area contributed by atoms with E-state index in [9.17, 15) is 17.2 Å². The maximum absolute atomic E-state index is 13.3. The fourth-order valence-electron chi connectivity index (χ4n) is 1.86. The summed E-state index contributed by atoms with van der Waals surface area (Å²) in [6.45, 7) is -0.325. The second kappa shape index (κ2) is 8.46. The van der Waals surface area contributed by atoms with E-state index >= 15 is 0 Å². The van der Waals surface area contributed by atoms with E-state index in [1.54, 1.807) is 6.07 Å². The Labute approximate surface area is 144 Å². The topological polar surface area (TPSA) is 64.6 Å². The Bertz CT molecular complexity index is 904. The lowest BCUT2D eigenvalue weighted by molar-refractivity contribution is 0.348. The number of sulfonamides is 1. The van der Waals surface area contributed by atoms with Gasteiger partial charge in [0.2, 0.25) is 10.0 Å². The van der Waals surface area contributed by atoms with Gasteiger partial charge in [-0.25, -0.2) is 17.2 Å². The van der Waals surface area contributed by atoms with E-state index in [1.165, 1.54) is 31.4 Å². The van der Waals surface area contributed by atoms with E-state index in [0.717, 1.165) is 12.1 Å². The molecule has 0 aliphatic carbocycles. The molecule has 0 atom stereocenters. The fourth-order valence-corrected chi connectivity index (χ4v) is 2.96. The maximum Gasteiger partial charge on any atom is 0.245 e. The molecule has 0 unspecified atom stereocenters. The lowest BCUT2D eigenvalue weighted by Crippen LogP contribution is -2.24. The molecule has 0 saturated carbocycles. The first-order valence-corrected chi connectivity index (χ1v) is 8.58. The zero-order valence-electron chi connectivity index (χ0n) is 13.3. The van der Waals surface area contributed by atoms with E-state index in [1.807, 2.05) is 0 Å². The monoisotopic (exact) mass is 367 g/mol. The van der Waals surface area contributed by atoms with Crippen LogP contribution in [0.2, 0.25) is 0 Å². The number of nitrogens with one attached hydrogen (secondary N) is 1. The molecule has 8 heteroatoms. The maximum atomic E-state index is 13.3. The molecule has 0 saturated heterocycles. The van der Waals surface area contributed by atoms with Gasteiger partial charge in [0, 0.05) is 0 Å². The van der Waals surface area contributed by atoms with Gasteiger partial charge in [-0.2, -0.15) is 4.72 Å². The quantitative estimate of drug-likeness (QED) is 0.796. The molecule has 1 N–H and O–H groups in total. The Hall–Kier alpha value is -2.63. The molecule has 0 aromatic heterocycles. The third-order valence-corrected chi connectivity index (χ3v) is 4.45. The minimum absolute atomic E-state index is 0.0183. The highest BCUT2D eigenvalue weighted by Crippen LogP contribution is 2.23. The largest absolute Gasteiger partial charge is 0.495 e. The molecule has 2 aromatic rings. The van der Waals surface area contributed by atoms with Crippen LogP contribution in [-0.2, 0) is 10.0 Å². The number of benzene rings is 2. The number of halogens is 2. The van der Waals surface area contributed by atoms with Crippen molar-refractivity contribution in [3.05, 3.63) is 54.1 Å². The number of hydrogen-bond acceptors (Lipinski definition) is 4. The van der Waals surface area contributed by atoms with Crippen LogP contribution in [-0.4, -0.2) is 28.7 Å². The summed E-state index contributed by atoms with van der Waals surface area (Å²) in [6, 6.07) is 9.03. The van der Waals surface area contributed by atoms with E-state index < -0.39 is 21.7 Å². The van der Waals surface area contributed by atoms with Gasteiger partial charge in [0.05, 0.1) is 13.7 Å². The Morgan fingerprint density at radius 2 is 1.84 bits per heavy atom. The summed E-state index contributed by atoms with van der Waals surface area (Å²) in [4.78, 5) is -0.320.